The Hall–Kier alpha value is -1.98. The summed E-state index contributed by atoms with van der Waals surface area (Å²) in [5, 5.41) is 44.2. The molecular formula is C18H16O4. The van der Waals surface area contributed by atoms with Crippen molar-refractivity contribution < 1.29 is 20.4 Å². The van der Waals surface area contributed by atoms with Crippen LogP contribution in [0.15, 0.2) is 48.5 Å². The van der Waals surface area contributed by atoms with Crippen LogP contribution in [0.5, 0.6) is 0 Å². The number of hydrogen-bond acceptors (Lipinski definition) is 4. The van der Waals surface area contributed by atoms with Crippen LogP contribution < -0.4 is 0 Å². The molecule has 0 radical (unpaired) electrons. The Balaban J connectivity index is 2.08. The Morgan fingerprint density at radius 3 is 2.00 bits per heavy atom. The van der Waals surface area contributed by atoms with Gasteiger partial charge in [0.25, 0.3) is 0 Å². The molecule has 4 rings (SSSR count). The quantitative estimate of drug-likeness (QED) is 0.477. The second-order valence-corrected chi connectivity index (χ2v) is 5.86. The molecular weight excluding hydrogens is 280 g/mol. The van der Waals surface area contributed by atoms with Crippen molar-refractivity contribution in [3.63, 3.8) is 0 Å². The van der Waals surface area contributed by atoms with Crippen LogP contribution in [0.3, 0.4) is 0 Å². The van der Waals surface area contributed by atoms with Gasteiger partial charge in [0, 0.05) is 0 Å². The van der Waals surface area contributed by atoms with Crippen LogP contribution in [0.1, 0.15) is 23.3 Å². The molecule has 0 unspecified atom stereocenters. The maximum atomic E-state index is 10.4. The highest BCUT2D eigenvalue weighted by atomic mass is 16.4. The molecule has 3 aromatic carbocycles. The second kappa shape index (κ2) is 4.76. The van der Waals surface area contributed by atoms with Gasteiger partial charge < -0.3 is 20.4 Å². The fourth-order valence-electron chi connectivity index (χ4n) is 3.37. The maximum absolute atomic E-state index is 10.4. The van der Waals surface area contributed by atoms with E-state index in [1.54, 1.807) is 6.07 Å². The van der Waals surface area contributed by atoms with Crippen LogP contribution in [-0.2, 0) is 0 Å². The average molecular weight is 296 g/mol. The topological polar surface area (TPSA) is 80.9 Å². The Bertz CT molecular complexity index is 873. The van der Waals surface area contributed by atoms with E-state index in [0.29, 0.717) is 11.1 Å². The Kier molecular flexibility index (Phi) is 2.96. The van der Waals surface area contributed by atoms with E-state index in [4.69, 9.17) is 0 Å². The van der Waals surface area contributed by atoms with Gasteiger partial charge in [-0.25, -0.2) is 0 Å². The largest absolute Gasteiger partial charge is 0.387 e. The zero-order valence-electron chi connectivity index (χ0n) is 11.7. The lowest BCUT2D eigenvalue weighted by molar-refractivity contribution is -0.119. The Morgan fingerprint density at radius 1 is 0.636 bits per heavy atom. The third-order valence-corrected chi connectivity index (χ3v) is 4.57. The van der Waals surface area contributed by atoms with Gasteiger partial charge in [-0.3, -0.25) is 0 Å². The summed E-state index contributed by atoms with van der Waals surface area (Å²) in [6, 6.07) is 15.4. The van der Waals surface area contributed by atoms with E-state index in [-0.39, 0.29) is 0 Å². The van der Waals surface area contributed by atoms with Gasteiger partial charge in [-0.15, -0.1) is 0 Å². The summed E-state index contributed by atoms with van der Waals surface area (Å²) < 4.78 is 0. The molecule has 0 aliphatic heterocycles. The van der Waals surface area contributed by atoms with Crippen LogP contribution in [0.25, 0.3) is 21.5 Å². The molecule has 112 valence electrons. The molecule has 1 aliphatic rings. The summed E-state index contributed by atoms with van der Waals surface area (Å²) >= 11 is 0. The summed E-state index contributed by atoms with van der Waals surface area (Å²) in [5.41, 5.74) is 0.960. The molecule has 0 saturated heterocycles. The number of benzene rings is 3. The number of aliphatic hydroxyl groups is 4. The number of fused-ring (bicyclic) bond motifs is 4. The van der Waals surface area contributed by atoms with E-state index < -0.39 is 24.4 Å². The van der Waals surface area contributed by atoms with Gasteiger partial charge in [0.05, 0.1) is 0 Å². The third-order valence-electron chi connectivity index (χ3n) is 4.57. The van der Waals surface area contributed by atoms with Gasteiger partial charge >= 0.3 is 0 Å². The predicted octanol–water partition coefficient (Wildman–Crippen LogP) is 1.80. The lowest BCUT2D eigenvalue weighted by Gasteiger charge is -2.35. The minimum Gasteiger partial charge on any atom is -0.387 e. The lowest BCUT2D eigenvalue weighted by Crippen LogP contribution is -2.41. The molecule has 4 atom stereocenters. The standard InChI is InChI=1S/C18H16O4/c19-15-12-6-5-11-7-9-3-1-2-4-10(9)8-13(11)14(12)16(20)18(22)17(15)21/h1-8,15-22H/t15-,16+,17-,18-/m0/s1. The molecule has 4 heteroatoms. The monoisotopic (exact) mass is 296 g/mol. The zero-order chi connectivity index (χ0) is 15.4. The average Bonchev–Trinajstić information content (AvgIpc) is 2.55. The van der Waals surface area contributed by atoms with Crippen LogP contribution in [0.2, 0.25) is 0 Å². The third kappa shape index (κ3) is 1.79. The van der Waals surface area contributed by atoms with Gasteiger partial charge in [-0.1, -0.05) is 36.4 Å². The fourth-order valence-corrected chi connectivity index (χ4v) is 3.37. The van der Waals surface area contributed by atoms with E-state index in [2.05, 4.69) is 0 Å². The summed E-state index contributed by atoms with van der Waals surface area (Å²) in [7, 11) is 0. The van der Waals surface area contributed by atoms with Gasteiger partial charge in [0.15, 0.2) is 0 Å². The SMILES string of the molecule is O[C@@H]1[C@@H](O)[C@@H](O)c2ccc3cc4ccccc4cc3c2[C@H]1O. The van der Waals surface area contributed by atoms with Crippen LogP contribution in [0, 0.1) is 0 Å². The van der Waals surface area contributed by atoms with Crippen molar-refractivity contribution in [1.29, 1.82) is 0 Å². The maximum Gasteiger partial charge on any atom is 0.113 e. The molecule has 0 fully saturated rings. The van der Waals surface area contributed by atoms with E-state index in [9.17, 15) is 20.4 Å². The molecule has 0 heterocycles. The van der Waals surface area contributed by atoms with Gasteiger partial charge in [-0.05, 0) is 44.8 Å². The van der Waals surface area contributed by atoms with Crippen molar-refractivity contribution in [3.05, 3.63) is 59.7 Å². The zero-order valence-corrected chi connectivity index (χ0v) is 11.7. The highest BCUT2D eigenvalue weighted by Gasteiger charge is 2.40. The first-order valence-electron chi connectivity index (χ1n) is 7.25. The minimum absolute atomic E-state index is 0.466. The van der Waals surface area contributed by atoms with Crippen molar-refractivity contribution in [2.45, 2.75) is 24.4 Å². The normalized spacial score (nSPS) is 28.0. The minimum atomic E-state index is -1.40. The van der Waals surface area contributed by atoms with Gasteiger partial charge in [0.2, 0.25) is 0 Å². The molecule has 0 saturated carbocycles. The Labute approximate surface area is 126 Å². The lowest BCUT2D eigenvalue weighted by atomic mass is 9.80. The first-order valence-corrected chi connectivity index (χ1v) is 7.25. The molecule has 0 bridgehead atoms. The van der Waals surface area contributed by atoms with Gasteiger partial charge in [-0.2, -0.15) is 0 Å². The molecule has 0 spiro atoms. The number of rotatable bonds is 0. The van der Waals surface area contributed by atoms with Crippen LogP contribution >= 0.6 is 0 Å². The van der Waals surface area contributed by atoms with Crippen molar-refractivity contribution in [1.82, 2.24) is 0 Å². The summed E-state index contributed by atoms with van der Waals surface area (Å²) in [6.07, 6.45) is -5.22. The molecule has 4 N–H and O–H groups in total. The van der Waals surface area contributed by atoms with E-state index in [0.717, 1.165) is 21.5 Å². The molecule has 3 aromatic rings. The van der Waals surface area contributed by atoms with E-state index in [1.165, 1.54) is 0 Å². The van der Waals surface area contributed by atoms with Crippen molar-refractivity contribution in [2.75, 3.05) is 0 Å². The molecule has 0 aromatic heterocycles. The smallest absolute Gasteiger partial charge is 0.113 e. The fraction of sp³-hybridized carbons (Fsp3) is 0.222. The van der Waals surface area contributed by atoms with Crippen LogP contribution in [-0.4, -0.2) is 32.6 Å². The first kappa shape index (κ1) is 13.7. The number of aliphatic hydroxyl groups excluding tert-OH is 4. The summed E-state index contributed by atoms with van der Waals surface area (Å²) in [4.78, 5) is 0. The summed E-state index contributed by atoms with van der Waals surface area (Å²) in [6.45, 7) is 0. The second-order valence-electron chi connectivity index (χ2n) is 5.86. The molecule has 4 nitrogen and oxygen atoms in total. The first-order chi connectivity index (χ1) is 10.6. The van der Waals surface area contributed by atoms with Crippen molar-refractivity contribution in [2.24, 2.45) is 0 Å². The molecule has 0 amide bonds. The molecule has 22 heavy (non-hydrogen) atoms. The van der Waals surface area contributed by atoms with Crippen LogP contribution in [0.4, 0.5) is 0 Å². The Morgan fingerprint density at radius 2 is 1.27 bits per heavy atom. The predicted molar refractivity (Wildman–Crippen MR) is 83.4 cm³/mol. The van der Waals surface area contributed by atoms with Crippen molar-refractivity contribution in [3.8, 4) is 0 Å². The van der Waals surface area contributed by atoms with Crippen molar-refractivity contribution >= 4 is 21.5 Å². The highest BCUT2D eigenvalue weighted by Crippen LogP contribution is 2.41. The molecule has 1 aliphatic carbocycles. The summed E-state index contributed by atoms with van der Waals surface area (Å²) in [5.74, 6) is 0. The highest BCUT2D eigenvalue weighted by molar-refractivity contribution is 6.00. The number of hydrogen-bond donors (Lipinski definition) is 4. The van der Waals surface area contributed by atoms with E-state index in [1.807, 2.05) is 42.5 Å². The van der Waals surface area contributed by atoms with Gasteiger partial charge in [0.1, 0.15) is 24.4 Å². The van der Waals surface area contributed by atoms with E-state index >= 15 is 0 Å².